The number of hydrogen-bond acceptors (Lipinski definition) is 1. The fraction of sp³-hybridized carbons (Fsp3) is 0.400. The van der Waals surface area contributed by atoms with Gasteiger partial charge in [-0.3, -0.25) is 0 Å². The monoisotopic (exact) mass is 177 g/mol. The molecule has 0 aliphatic carbocycles. The molecular weight excluding hydrogens is 162 g/mol. The van der Waals surface area contributed by atoms with E-state index in [0.717, 1.165) is 22.8 Å². The third kappa shape index (κ3) is 2.79. The summed E-state index contributed by atoms with van der Waals surface area (Å²) in [7, 11) is 0.829. The highest BCUT2D eigenvalue weighted by molar-refractivity contribution is 6.50. The van der Waals surface area contributed by atoms with Crippen LogP contribution in [0.15, 0.2) is 30.3 Å². The van der Waals surface area contributed by atoms with E-state index in [-0.39, 0.29) is 0 Å². The molecule has 1 aromatic carbocycles. The topological polar surface area (TPSA) is 3.24 Å². The molecule has 0 spiro atoms. The molecular formula is C10H15NSi. The van der Waals surface area contributed by atoms with E-state index in [1.165, 1.54) is 5.19 Å². The van der Waals surface area contributed by atoms with Gasteiger partial charge >= 0.3 is 0 Å². The Morgan fingerprint density at radius 1 is 1.08 bits per heavy atom. The van der Waals surface area contributed by atoms with E-state index in [2.05, 4.69) is 48.7 Å². The van der Waals surface area contributed by atoms with Gasteiger partial charge in [0.15, 0.2) is 9.68 Å². The maximum absolute atomic E-state index is 2.44. The van der Waals surface area contributed by atoms with Crippen molar-refractivity contribution in [2.45, 2.75) is 13.8 Å². The summed E-state index contributed by atoms with van der Waals surface area (Å²) in [6, 6.07) is 10.7. The van der Waals surface area contributed by atoms with Crippen LogP contribution in [0.2, 0.25) is 0 Å². The van der Waals surface area contributed by atoms with Crippen LogP contribution in [-0.2, 0) is 0 Å². The van der Waals surface area contributed by atoms with Crippen LogP contribution in [0.1, 0.15) is 13.8 Å². The molecule has 0 unspecified atom stereocenters. The molecule has 1 nitrogen and oxygen atoms in total. The summed E-state index contributed by atoms with van der Waals surface area (Å²) < 4.78 is 2.44. The summed E-state index contributed by atoms with van der Waals surface area (Å²) in [5, 5.41) is 1.43. The maximum atomic E-state index is 2.44. The van der Waals surface area contributed by atoms with Crippen LogP contribution in [0.5, 0.6) is 0 Å². The van der Waals surface area contributed by atoms with Crippen molar-refractivity contribution >= 4 is 14.9 Å². The van der Waals surface area contributed by atoms with Crippen LogP contribution < -0.4 is 5.19 Å². The second kappa shape index (κ2) is 5.12. The van der Waals surface area contributed by atoms with Crippen LogP contribution in [0.3, 0.4) is 0 Å². The van der Waals surface area contributed by atoms with E-state index in [1.807, 2.05) is 0 Å². The number of rotatable bonds is 4. The van der Waals surface area contributed by atoms with E-state index in [1.54, 1.807) is 0 Å². The highest BCUT2D eigenvalue weighted by atomic mass is 28.2. The standard InChI is InChI=1S/C10H15NSi/c1-3-11(4-2)12-10-8-6-5-7-9-10/h5-9H,3-4H2,1-2H3. The second-order valence-electron chi connectivity index (χ2n) is 2.65. The lowest BCUT2D eigenvalue weighted by atomic mass is 10.4. The number of hydrogen-bond donors (Lipinski definition) is 0. The smallest absolute Gasteiger partial charge is 0.182 e. The molecule has 0 saturated carbocycles. The molecule has 12 heavy (non-hydrogen) atoms. The lowest BCUT2D eigenvalue weighted by molar-refractivity contribution is 0.498. The van der Waals surface area contributed by atoms with Crippen LogP contribution in [-0.4, -0.2) is 27.3 Å². The Morgan fingerprint density at radius 2 is 1.67 bits per heavy atom. The van der Waals surface area contributed by atoms with Crippen molar-refractivity contribution in [2.24, 2.45) is 0 Å². The molecule has 0 aliphatic heterocycles. The van der Waals surface area contributed by atoms with Gasteiger partial charge in [0.2, 0.25) is 0 Å². The molecule has 64 valence electrons. The van der Waals surface area contributed by atoms with Crippen molar-refractivity contribution in [3.8, 4) is 0 Å². The van der Waals surface area contributed by atoms with Gasteiger partial charge < -0.3 is 4.57 Å². The molecule has 0 atom stereocenters. The Balaban J connectivity index is 2.51. The second-order valence-corrected chi connectivity index (χ2v) is 4.08. The first-order valence-corrected chi connectivity index (χ1v) is 5.38. The third-order valence-corrected chi connectivity index (χ3v) is 3.36. The van der Waals surface area contributed by atoms with E-state index in [9.17, 15) is 0 Å². The quantitative estimate of drug-likeness (QED) is 0.626. The highest BCUT2D eigenvalue weighted by Crippen LogP contribution is 1.86. The predicted molar refractivity (Wildman–Crippen MR) is 54.8 cm³/mol. The zero-order valence-corrected chi connectivity index (χ0v) is 8.75. The Bertz CT molecular complexity index is 206. The summed E-state index contributed by atoms with van der Waals surface area (Å²) in [5.41, 5.74) is 0. The molecule has 2 radical (unpaired) electrons. The van der Waals surface area contributed by atoms with Gasteiger partial charge in [-0.15, -0.1) is 0 Å². The zero-order chi connectivity index (χ0) is 8.81. The SMILES string of the molecule is CCN(CC)[Si]c1ccccc1. The number of nitrogens with zero attached hydrogens (tertiary/aromatic N) is 1. The van der Waals surface area contributed by atoms with Gasteiger partial charge in [0.25, 0.3) is 0 Å². The molecule has 0 aromatic heterocycles. The summed E-state index contributed by atoms with van der Waals surface area (Å²) >= 11 is 0. The predicted octanol–water partition coefficient (Wildman–Crippen LogP) is 1.27. The van der Waals surface area contributed by atoms with Crippen LogP contribution in [0.25, 0.3) is 0 Å². The van der Waals surface area contributed by atoms with Crippen molar-refractivity contribution in [3.05, 3.63) is 30.3 Å². The van der Waals surface area contributed by atoms with Crippen LogP contribution in [0.4, 0.5) is 0 Å². The summed E-state index contributed by atoms with van der Waals surface area (Å²) in [4.78, 5) is 0. The lowest BCUT2D eigenvalue weighted by Gasteiger charge is -2.16. The first-order chi connectivity index (χ1) is 5.86. The molecule has 1 aromatic rings. The molecule has 0 saturated heterocycles. The molecule has 0 amide bonds. The lowest BCUT2D eigenvalue weighted by Crippen LogP contribution is -2.35. The highest BCUT2D eigenvalue weighted by Gasteiger charge is 2.01. The Labute approximate surface area is 77.3 Å². The minimum absolute atomic E-state index is 0.829. The zero-order valence-electron chi connectivity index (χ0n) is 7.75. The van der Waals surface area contributed by atoms with Gasteiger partial charge in [-0.25, -0.2) is 0 Å². The summed E-state index contributed by atoms with van der Waals surface area (Å²) in [6.07, 6.45) is 0. The number of benzene rings is 1. The third-order valence-electron chi connectivity index (χ3n) is 1.82. The van der Waals surface area contributed by atoms with Crippen molar-refractivity contribution in [1.82, 2.24) is 4.57 Å². The van der Waals surface area contributed by atoms with E-state index in [0.29, 0.717) is 0 Å². The van der Waals surface area contributed by atoms with Gasteiger partial charge in [0, 0.05) is 0 Å². The Morgan fingerprint density at radius 3 is 2.17 bits per heavy atom. The van der Waals surface area contributed by atoms with E-state index in [4.69, 9.17) is 0 Å². The van der Waals surface area contributed by atoms with Crippen LogP contribution >= 0.6 is 0 Å². The fourth-order valence-electron chi connectivity index (χ4n) is 1.08. The first kappa shape index (κ1) is 9.48. The van der Waals surface area contributed by atoms with Crippen molar-refractivity contribution in [2.75, 3.05) is 13.1 Å². The molecule has 0 fully saturated rings. The normalized spacial score (nSPS) is 10.6. The summed E-state index contributed by atoms with van der Waals surface area (Å²) in [6.45, 7) is 6.70. The molecule has 0 heterocycles. The van der Waals surface area contributed by atoms with E-state index >= 15 is 0 Å². The largest absolute Gasteiger partial charge is 0.322 e. The van der Waals surface area contributed by atoms with Crippen LogP contribution in [0, 0.1) is 0 Å². The molecule has 1 rings (SSSR count). The minimum atomic E-state index is 0.829. The van der Waals surface area contributed by atoms with E-state index < -0.39 is 0 Å². The molecule has 2 heteroatoms. The van der Waals surface area contributed by atoms with Crippen molar-refractivity contribution < 1.29 is 0 Å². The van der Waals surface area contributed by atoms with Gasteiger partial charge in [0.1, 0.15) is 0 Å². The van der Waals surface area contributed by atoms with Crippen molar-refractivity contribution in [3.63, 3.8) is 0 Å². The maximum Gasteiger partial charge on any atom is 0.182 e. The fourth-order valence-corrected chi connectivity index (χ4v) is 2.10. The first-order valence-electron chi connectivity index (χ1n) is 4.43. The Hall–Kier alpha value is -0.603. The van der Waals surface area contributed by atoms with Gasteiger partial charge in [-0.1, -0.05) is 44.2 Å². The average Bonchev–Trinajstić information content (AvgIpc) is 2.16. The molecule has 0 bridgehead atoms. The minimum Gasteiger partial charge on any atom is -0.322 e. The molecule has 0 aliphatic rings. The van der Waals surface area contributed by atoms with Crippen molar-refractivity contribution in [1.29, 1.82) is 0 Å². The average molecular weight is 177 g/mol. The summed E-state index contributed by atoms with van der Waals surface area (Å²) in [5.74, 6) is 0. The van der Waals surface area contributed by atoms with Gasteiger partial charge in [-0.05, 0) is 18.3 Å². The van der Waals surface area contributed by atoms with Gasteiger partial charge in [0.05, 0.1) is 0 Å². The van der Waals surface area contributed by atoms with Gasteiger partial charge in [-0.2, -0.15) is 0 Å². The Kier molecular flexibility index (Phi) is 4.04. The molecule has 0 N–H and O–H groups in total.